The number of carbonyl (C=O) groups is 2. The number of alkyl carbamates (subject to hydrolysis) is 2. The lowest BCUT2D eigenvalue weighted by atomic mass is 9.98. The van der Waals surface area contributed by atoms with E-state index in [-0.39, 0.29) is 37.1 Å². The zero-order valence-corrected chi connectivity index (χ0v) is 27.7. The lowest BCUT2D eigenvalue weighted by Gasteiger charge is -2.24. The van der Waals surface area contributed by atoms with Crippen LogP contribution < -0.4 is 16.2 Å². The fourth-order valence-electron chi connectivity index (χ4n) is 5.95. The van der Waals surface area contributed by atoms with Crippen LogP contribution >= 0.6 is 11.6 Å². The maximum Gasteiger partial charge on any atom is 0.407 e. The first kappa shape index (κ1) is 33.0. The summed E-state index contributed by atoms with van der Waals surface area (Å²) in [6.45, 7) is 10.1. The van der Waals surface area contributed by atoms with Gasteiger partial charge in [0.05, 0.1) is 22.0 Å². The van der Waals surface area contributed by atoms with E-state index >= 15 is 0 Å². The average Bonchev–Trinajstić information content (AvgIpc) is 3.31. The quantitative estimate of drug-likeness (QED) is 0.172. The van der Waals surface area contributed by atoms with E-state index in [1.807, 2.05) is 38.1 Å². The highest BCUT2D eigenvalue weighted by Crippen LogP contribution is 2.44. The van der Waals surface area contributed by atoms with Crippen LogP contribution in [0.4, 0.5) is 9.59 Å². The molecule has 0 saturated heterocycles. The van der Waals surface area contributed by atoms with E-state index in [2.05, 4.69) is 34.9 Å². The van der Waals surface area contributed by atoms with Crippen molar-refractivity contribution in [1.29, 1.82) is 0 Å². The number of ether oxygens (including phenoxy) is 2. The first-order valence-electron chi connectivity index (χ1n) is 15.7. The number of fused-ring (bicyclic) bond motifs is 4. The molecule has 0 radical (unpaired) electrons. The van der Waals surface area contributed by atoms with Crippen LogP contribution in [0.1, 0.15) is 76.4 Å². The minimum atomic E-state index is -0.623. The summed E-state index contributed by atoms with van der Waals surface area (Å²) in [5.74, 6) is 0.477. The summed E-state index contributed by atoms with van der Waals surface area (Å²) in [6, 6.07) is 20.9. The molecule has 0 saturated carbocycles. The molecule has 0 spiro atoms. The predicted molar refractivity (Wildman–Crippen MR) is 180 cm³/mol. The largest absolute Gasteiger partial charge is 0.449 e. The van der Waals surface area contributed by atoms with Crippen molar-refractivity contribution in [3.63, 3.8) is 0 Å². The number of aromatic nitrogens is 2. The summed E-state index contributed by atoms with van der Waals surface area (Å²) in [6.07, 6.45) is -0.192. The third-order valence-corrected chi connectivity index (χ3v) is 8.16. The Balaban J connectivity index is 1.38. The number of benzene rings is 3. The van der Waals surface area contributed by atoms with E-state index in [4.69, 9.17) is 26.1 Å². The first-order valence-corrected chi connectivity index (χ1v) is 16.1. The van der Waals surface area contributed by atoms with Gasteiger partial charge in [-0.15, -0.1) is 0 Å². The molecule has 1 heterocycles. The molecule has 0 aliphatic heterocycles. The molecular formula is C36H41ClN4O5. The third-order valence-electron chi connectivity index (χ3n) is 7.84. The molecule has 5 rings (SSSR count). The molecule has 1 aliphatic carbocycles. The van der Waals surface area contributed by atoms with Crippen molar-refractivity contribution in [2.45, 2.75) is 71.6 Å². The van der Waals surface area contributed by atoms with Gasteiger partial charge < -0.3 is 20.1 Å². The van der Waals surface area contributed by atoms with Gasteiger partial charge in [-0.2, -0.15) is 0 Å². The molecule has 9 nitrogen and oxygen atoms in total. The Morgan fingerprint density at radius 2 is 1.61 bits per heavy atom. The fourth-order valence-corrected chi connectivity index (χ4v) is 6.20. The Morgan fingerprint density at radius 3 is 2.24 bits per heavy atom. The highest BCUT2D eigenvalue weighted by Gasteiger charge is 2.30. The van der Waals surface area contributed by atoms with Crippen LogP contribution in [0.3, 0.4) is 0 Å². The van der Waals surface area contributed by atoms with Crippen molar-refractivity contribution >= 4 is 34.7 Å². The smallest absolute Gasteiger partial charge is 0.407 e. The number of hydrogen-bond donors (Lipinski definition) is 2. The normalized spacial score (nSPS) is 13.3. The molecule has 4 aromatic rings. The van der Waals surface area contributed by atoms with Gasteiger partial charge in [0.15, 0.2) is 0 Å². The van der Waals surface area contributed by atoms with Crippen LogP contribution in [-0.2, 0) is 16.0 Å². The van der Waals surface area contributed by atoms with Crippen molar-refractivity contribution in [2.24, 2.45) is 5.92 Å². The molecule has 0 fully saturated rings. The van der Waals surface area contributed by atoms with E-state index in [9.17, 15) is 14.4 Å². The first-order chi connectivity index (χ1) is 21.9. The number of halogens is 1. The summed E-state index contributed by atoms with van der Waals surface area (Å²) in [4.78, 5) is 44.3. The minimum Gasteiger partial charge on any atom is -0.449 e. The molecule has 2 N–H and O–H groups in total. The number of carbonyl (C=O) groups excluding carboxylic acids is 2. The number of nitrogens with one attached hydrogen (secondary N) is 2. The summed E-state index contributed by atoms with van der Waals surface area (Å²) in [7, 11) is 0. The van der Waals surface area contributed by atoms with Crippen molar-refractivity contribution < 1.29 is 19.1 Å². The molecule has 1 aromatic heterocycles. The van der Waals surface area contributed by atoms with Gasteiger partial charge in [-0.3, -0.25) is 9.36 Å². The fraction of sp³-hybridized carbons (Fsp3) is 0.389. The second-order valence-corrected chi connectivity index (χ2v) is 13.4. The Hall–Kier alpha value is -4.37. The minimum absolute atomic E-state index is 0.0849. The van der Waals surface area contributed by atoms with Gasteiger partial charge in [0.1, 0.15) is 18.0 Å². The number of hydrogen-bond acceptors (Lipinski definition) is 6. The maximum atomic E-state index is 13.9. The van der Waals surface area contributed by atoms with Crippen molar-refractivity contribution in [2.75, 3.05) is 13.2 Å². The number of nitrogens with zero attached hydrogens (tertiary/aromatic N) is 2. The van der Waals surface area contributed by atoms with Gasteiger partial charge in [0.2, 0.25) is 0 Å². The van der Waals surface area contributed by atoms with E-state index in [0.29, 0.717) is 34.6 Å². The average molecular weight is 645 g/mol. The standard InChI is InChI=1S/C36H41ClN4O5/c1-22(2)20-30(40-35(44)45-21-27-25-14-8-6-12-23(25)24-13-7-9-15-26(24)27)32-39-29-17-10-16-28(37)31(29)33(42)41(32)19-11-18-38-34(43)46-36(3,4)5/h6-10,12-17,22,27,30H,11,18-21H2,1-5H3,(H,38,43)(H,40,44)/t30-/m0/s1. The van der Waals surface area contributed by atoms with Crippen molar-refractivity contribution in [3.05, 3.63) is 99.1 Å². The lowest BCUT2D eigenvalue weighted by Crippen LogP contribution is -2.37. The lowest BCUT2D eigenvalue weighted by molar-refractivity contribution is 0.0526. The second-order valence-electron chi connectivity index (χ2n) is 13.0. The highest BCUT2D eigenvalue weighted by molar-refractivity contribution is 6.35. The third kappa shape index (κ3) is 7.53. The van der Waals surface area contributed by atoms with Crippen LogP contribution in [-0.4, -0.2) is 40.5 Å². The molecule has 0 unspecified atom stereocenters. The van der Waals surface area contributed by atoms with Gasteiger partial charge in [-0.1, -0.05) is 80.0 Å². The Labute approximate surface area is 274 Å². The van der Waals surface area contributed by atoms with E-state index in [0.717, 1.165) is 22.3 Å². The monoisotopic (exact) mass is 644 g/mol. The van der Waals surface area contributed by atoms with Gasteiger partial charge in [0, 0.05) is 19.0 Å². The summed E-state index contributed by atoms with van der Waals surface area (Å²) in [5, 5.41) is 6.35. The maximum absolute atomic E-state index is 13.9. The second kappa shape index (κ2) is 14.0. The van der Waals surface area contributed by atoms with Crippen LogP contribution in [0.15, 0.2) is 71.5 Å². The van der Waals surface area contributed by atoms with Crippen LogP contribution in [0, 0.1) is 5.92 Å². The Morgan fingerprint density at radius 1 is 0.957 bits per heavy atom. The molecule has 242 valence electrons. The van der Waals surface area contributed by atoms with Gasteiger partial charge in [0.25, 0.3) is 5.56 Å². The topological polar surface area (TPSA) is 112 Å². The van der Waals surface area contributed by atoms with Gasteiger partial charge in [-0.05, 0) is 73.9 Å². The zero-order chi connectivity index (χ0) is 33.0. The molecule has 1 aliphatic rings. The summed E-state index contributed by atoms with van der Waals surface area (Å²) in [5.41, 5.74) is 4.05. The summed E-state index contributed by atoms with van der Waals surface area (Å²) < 4.78 is 12.7. The molecule has 3 aromatic carbocycles. The van der Waals surface area contributed by atoms with Crippen molar-refractivity contribution in [3.8, 4) is 11.1 Å². The van der Waals surface area contributed by atoms with E-state index in [1.54, 1.807) is 43.5 Å². The van der Waals surface area contributed by atoms with Gasteiger partial charge >= 0.3 is 12.2 Å². The van der Waals surface area contributed by atoms with Gasteiger partial charge in [-0.25, -0.2) is 14.6 Å². The van der Waals surface area contributed by atoms with Crippen LogP contribution in [0.25, 0.3) is 22.0 Å². The number of rotatable bonds is 10. The Bertz CT molecular complexity index is 1750. The van der Waals surface area contributed by atoms with E-state index in [1.165, 1.54) is 0 Å². The predicted octanol–water partition coefficient (Wildman–Crippen LogP) is 7.59. The zero-order valence-electron chi connectivity index (χ0n) is 26.9. The Kier molecular flexibility index (Phi) is 10.0. The highest BCUT2D eigenvalue weighted by atomic mass is 35.5. The van der Waals surface area contributed by atoms with Crippen molar-refractivity contribution in [1.82, 2.24) is 20.2 Å². The molecular weight excluding hydrogens is 604 g/mol. The molecule has 2 amide bonds. The molecule has 1 atom stereocenters. The summed E-state index contributed by atoms with van der Waals surface area (Å²) >= 11 is 6.46. The molecule has 10 heteroatoms. The molecule has 46 heavy (non-hydrogen) atoms. The van der Waals surface area contributed by atoms with E-state index < -0.39 is 23.8 Å². The van der Waals surface area contributed by atoms with Crippen LogP contribution in [0.2, 0.25) is 5.02 Å². The number of amides is 2. The molecule has 0 bridgehead atoms. The van der Waals surface area contributed by atoms with Crippen LogP contribution in [0.5, 0.6) is 0 Å². The SMILES string of the molecule is CC(C)C[C@H](NC(=O)OCC1c2ccccc2-c2ccccc21)c1nc2cccc(Cl)c2c(=O)n1CCCNC(=O)OC(C)(C)C.